The SMILES string of the molecule is C=Cc1cn(C2OC(CO)[C@@H](O)[C@]2(C)O)c2ncnc(NO)c12. The second-order valence-corrected chi connectivity index (χ2v) is 5.61. The molecule has 0 aromatic carbocycles. The van der Waals surface area contributed by atoms with E-state index in [0.29, 0.717) is 16.6 Å². The van der Waals surface area contributed by atoms with Crippen LogP contribution in [0.25, 0.3) is 17.1 Å². The number of nitrogens with zero attached hydrogens (tertiary/aromatic N) is 3. The lowest BCUT2D eigenvalue weighted by atomic mass is 9.96. The number of hydrogen-bond acceptors (Lipinski definition) is 8. The number of aromatic nitrogens is 3. The van der Waals surface area contributed by atoms with Gasteiger partial charge in [-0.15, -0.1) is 0 Å². The largest absolute Gasteiger partial charge is 0.394 e. The molecule has 3 rings (SSSR count). The van der Waals surface area contributed by atoms with Gasteiger partial charge in [0.05, 0.1) is 12.0 Å². The number of rotatable bonds is 4. The van der Waals surface area contributed by atoms with Crippen molar-refractivity contribution in [2.75, 3.05) is 12.1 Å². The van der Waals surface area contributed by atoms with Gasteiger partial charge in [0.2, 0.25) is 0 Å². The molecule has 124 valence electrons. The average molecular weight is 322 g/mol. The van der Waals surface area contributed by atoms with E-state index in [-0.39, 0.29) is 5.82 Å². The Morgan fingerprint density at radius 2 is 2.26 bits per heavy atom. The monoisotopic (exact) mass is 322 g/mol. The van der Waals surface area contributed by atoms with Crippen LogP contribution in [0.5, 0.6) is 0 Å². The minimum atomic E-state index is -1.64. The molecular weight excluding hydrogens is 304 g/mol. The molecule has 4 atom stereocenters. The Morgan fingerprint density at radius 1 is 1.52 bits per heavy atom. The molecule has 1 saturated heterocycles. The smallest absolute Gasteiger partial charge is 0.167 e. The Balaban J connectivity index is 2.19. The van der Waals surface area contributed by atoms with Gasteiger partial charge in [-0.1, -0.05) is 12.7 Å². The Bertz CT molecular complexity index is 744. The lowest BCUT2D eigenvalue weighted by Gasteiger charge is -2.27. The first-order valence-electron chi connectivity index (χ1n) is 7.00. The zero-order chi connectivity index (χ0) is 16.8. The van der Waals surface area contributed by atoms with Crippen LogP contribution in [0.4, 0.5) is 5.82 Å². The summed E-state index contributed by atoms with van der Waals surface area (Å²) in [4.78, 5) is 8.09. The average Bonchev–Trinajstić information content (AvgIpc) is 3.03. The van der Waals surface area contributed by atoms with Gasteiger partial charge in [0, 0.05) is 11.8 Å². The van der Waals surface area contributed by atoms with E-state index < -0.39 is 30.6 Å². The van der Waals surface area contributed by atoms with Crippen molar-refractivity contribution in [3.63, 3.8) is 0 Å². The lowest BCUT2D eigenvalue weighted by Crippen LogP contribution is -2.44. The van der Waals surface area contributed by atoms with Crippen molar-refractivity contribution < 1.29 is 25.3 Å². The van der Waals surface area contributed by atoms with Gasteiger partial charge in [-0.05, 0) is 6.92 Å². The van der Waals surface area contributed by atoms with Crippen molar-refractivity contribution in [1.29, 1.82) is 0 Å². The van der Waals surface area contributed by atoms with Crippen LogP contribution in [0.2, 0.25) is 0 Å². The molecule has 5 N–H and O–H groups in total. The minimum absolute atomic E-state index is 0.181. The molecule has 0 radical (unpaired) electrons. The van der Waals surface area contributed by atoms with E-state index in [2.05, 4.69) is 16.5 Å². The molecule has 2 unspecified atom stereocenters. The fourth-order valence-electron chi connectivity index (χ4n) is 2.92. The molecule has 0 saturated carbocycles. The Kier molecular flexibility index (Phi) is 3.82. The standard InChI is InChI=1S/C14H18N4O5/c1-3-7-4-18(12-9(7)11(17-22)15-6-16-12)13-14(2,21)10(20)8(5-19)23-13/h3-4,6,8,10,13,19-22H,1,5H2,2H3,(H,15,16,17)/t8?,10-,13?,14+/m1/s1. The van der Waals surface area contributed by atoms with Crippen molar-refractivity contribution in [2.24, 2.45) is 0 Å². The predicted molar refractivity (Wildman–Crippen MR) is 80.7 cm³/mol. The van der Waals surface area contributed by atoms with Gasteiger partial charge in [0.1, 0.15) is 29.8 Å². The molecule has 0 bridgehead atoms. The second-order valence-electron chi connectivity index (χ2n) is 5.61. The molecule has 2 aromatic heterocycles. The van der Waals surface area contributed by atoms with Crippen molar-refractivity contribution in [3.8, 4) is 0 Å². The first kappa shape index (κ1) is 15.8. The molecular formula is C14H18N4O5. The Labute approximate surface area is 131 Å². The molecule has 0 amide bonds. The third kappa shape index (κ3) is 2.21. The van der Waals surface area contributed by atoms with Gasteiger partial charge in [-0.2, -0.15) is 0 Å². The van der Waals surface area contributed by atoms with Gasteiger partial charge < -0.3 is 24.6 Å². The van der Waals surface area contributed by atoms with Gasteiger partial charge in [0.25, 0.3) is 0 Å². The van der Waals surface area contributed by atoms with Crippen molar-refractivity contribution >= 4 is 22.9 Å². The lowest BCUT2D eigenvalue weighted by molar-refractivity contribution is -0.0948. The zero-order valence-electron chi connectivity index (χ0n) is 12.4. The molecule has 1 aliphatic rings. The quantitative estimate of drug-likeness (QED) is 0.492. The summed E-state index contributed by atoms with van der Waals surface area (Å²) >= 11 is 0. The number of ether oxygens (including phenoxy) is 1. The van der Waals surface area contributed by atoms with E-state index in [1.807, 2.05) is 5.48 Å². The maximum atomic E-state index is 10.6. The summed E-state index contributed by atoms with van der Waals surface area (Å²) in [7, 11) is 0. The summed E-state index contributed by atoms with van der Waals surface area (Å²) in [5.74, 6) is 0.181. The van der Waals surface area contributed by atoms with Crippen molar-refractivity contribution in [2.45, 2.75) is 31.0 Å². The highest BCUT2D eigenvalue weighted by molar-refractivity contribution is 5.95. The molecule has 9 heteroatoms. The summed E-state index contributed by atoms with van der Waals surface area (Å²) in [6.07, 6.45) is 1.25. The third-order valence-electron chi connectivity index (χ3n) is 4.15. The Hall–Kier alpha value is -2.04. The van der Waals surface area contributed by atoms with Crippen LogP contribution in [0, 0.1) is 0 Å². The highest BCUT2D eigenvalue weighted by atomic mass is 16.6. The van der Waals surface area contributed by atoms with Crippen molar-refractivity contribution in [1.82, 2.24) is 14.5 Å². The van der Waals surface area contributed by atoms with E-state index >= 15 is 0 Å². The molecule has 23 heavy (non-hydrogen) atoms. The number of nitrogens with one attached hydrogen (secondary N) is 1. The molecule has 1 fully saturated rings. The highest BCUT2D eigenvalue weighted by Crippen LogP contribution is 2.41. The summed E-state index contributed by atoms with van der Waals surface area (Å²) in [5.41, 5.74) is 1.34. The minimum Gasteiger partial charge on any atom is -0.394 e. The number of hydrogen-bond donors (Lipinski definition) is 5. The molecule has 0 spiro atoms. The highest BCUT2D eigenvalue weighted by Gasteiger charge is 2.53. The first-order valence-corrected chi connectivity index (χ1v) is 7.00. The van der Waals surface area contributed by atoms with Crippen LogP contribution in [0.15, 0.2) is 19.1 Å². The van der Waals surface area contributed by atoms with Crippen molar-refractivity contribution in [3.05, 3.63) is 24.7 Å². The van der Waals surface area contributed by atoms with Crippen LogP contribution in [-0.4, -0.2) is 59.5 Å². The maximum Gasteiger partial charge on any atom is 0.167 e. The topological polar surface area (TPSA) is 133 Å². The van der Waals surface area contributed by atoms with Gasteiger partial charge in [-0.3, -0.25) is 10.7 Å². The molecule has 0 aliphatic carbocycles. The summed E-state index contributed by atoms with van der Waals surface area (Å²) < 4.78 is 7.12. The van der Waals surface area contributed by atoms with E-state index in [4.69, 9.17) is 4.74 Å². The van der Waals surface area contributed by atoms with Gasteiger partial charge in [-0.25, -0.2) is 9.97 Å². The fraction of sp³-hybridized carbons (Fsp3) is 0.429. The molecule has 9 nitrogen and oxygen atoms in total. The van der Waals surface area contributed by atoms with Crippen LogP contribution >= 0.6 is 0 Å². The van der Waals surface area contributed by atoms with E-state index in [0.717, 1.165) is 0 Å². The van der Waals surface area contributed by atoms with Gasteiger partial charge in [0.15, 0.2) is 12.0 Å². The summed E-state index contributed by atoms with van der Waals surface area (Å²) in [6, 6.07) is 0. The third-order valence-corrected chi connectivity index (χ3v) is 4.15. The summed E-state index contributed by atoms with van der Waals surface area (Å²) in [5, 5.41) is 39.7. The summed E-state index contributed by atoms with van der Waals surface area (Å²) in [6.45, 7) is 4.70. The fourth-order valence-corrected chi connectivity index (χ4v) is 2.92. The number of aliphatic hydroxyl groups is 3. The number of fused-ring (bicyclic) bond motifs is 1. The molecule has 3 heterocycles. The second kappa shape index (κ2) is 5.55. The zero-order valence-corrected chi connectivity index (χ0v) is 12.4. The molecule has 1 aliphatic heterocycles. The van der Waals surface area contributed by atoms with Crippen LogP contribution in [0.1, 0.15) is 18.7 Å². The Morgan fingerprint density at radius 3 is 2.83 bits per heavy atom. The van der Waals surface area contributed by atoms with Crippen LogP contribution in [0.3, 0.4) is 0 Å². The van der Waals surface area contributed by atoms with Gasteiger partial charge >= 0.3 is 0 Å². The van der Waals surface area contributed by atoms with E-state index in [9.17, 15) is 20.5 Å². The van der Waals surface area contributed by atoms with Crippen LogP contribution in [-0.2, 0) is 4.74 Å². The number of aliphatic hydroxyl groups excluding tert-OH is 2. The maximum absolute atomic E-state index is 10.6. The first-order chi connectivity index (χ1) is 11.0. The molecule has 2 aromatic rings. The van der Waals surface area contributed by atoms with E-state index in [1.54, 1.807) is 12.3 Å². The predicted octanol–water partition coefficient (Wildman–Crippen LogP) is -0.123. The normalized spacial score (nSPS) is 30.7. The van der Waals surface area contributed by atoms with E-state index in [1.165, 1.54) is 17.8 Å². The van der Waals surface area contributed by atoms with Crippen LogP contribution < -0.4 is 5.48 Å². The number of anilines is 1.